The number of methoxy groups -OCH3 is 1. The van der Waals surface area contributed by atoms with Crippen LogP contribution in [-0.2, 0) is 28.7 Å². The summed E-state index contributed by atoms with van der Waals surface area (Å²) in [6.45, 7) is 7.69. The molecule has 0 spiro atoms. The van der Waals surface area contributed by atoms with Crippen molar-refractivity contribution in [1.29, 1.82) is 0 Å². The lowest BCUT2D eigenvalue weighted by Crippen LogP contribution is -2.37. The van der Waals surface area contributed by atoms with E-state index in [2.05, 4.69) is 21.6 Å². The molecule has 8 rings (SSSR count). The monoisotopic (exact) mass is 836 g/mol. The van der Waals surface area contributed by atoms with Crippen LogP contribution in [0.4, 0.5) is 15.0 Å². The summed E-state index contributed by atoms with van der Waals surface area (Å²) in [5.41, 5.74) is 4.62. The van der Waals surface area contributed by atoms with Gasteiger partial charge in [0.15, 0.2) is 5.01 Å². The highest BCUT2D eigenvalue weighted by molar-refractivity contribution is 7.23. The Labute approximate surface area is 348 Å². The number of aryl methyl sites for hydroxylation is 2. The summed E-state index contributed by atoms with van der Waals surface area (Å²) in [5.74, 6) is 0.611. The standard InChI is InChI=1S/C44H45FN6O6S2/c1-6-56-41(52)36-35(33-23-25-20-21-46-39(38(25)58-33)48-29-19-17-28-27(29)9-7-11-32(28)55-5)34(40-49-50-42(53)59-40)30(18-14-24-12-15-26(45)16-13-24)47-37(36)31-10-8-22-51(31)43(54)57-44(2,3)4/h7,9,11-13,15-16,20-21,23,29,31H,6,8,10,14,17-19,22H2,1-5H3,(H,46,48)(H,50,53)/t29-,31-/m1/s1. The van der Waals surface area contributed by atoms with Gasteiger partial charge in [-0.25, -0.2) is 24.1 Å². The second-order valence-electron chi connectivity index (χ2n) is 15.6. The Balaban J connectivity index is 1.35. The Morgan fingerprint density at radius 2 is 1.86 bits per heavy atom. The maximum Gasteiger partial charge on any atom is 0.410 e. The van der Waals surface area contributed by atoms with Gasteiger partial charge in [-0.1, -0.05) is 35.6 Å². The SMILES string of the molecule is CCOC(=O)c1c([C@H]2CCCN2C(=O)OC(C)(C)C)nc(CCc2ccc(F)cc2)c(-c2n[nH]c(=O)s2)c1-c1cc2ccnc(N[C@@H]3CCc4c(OC)cccc43)c2s1. The third-order valence-corrected chi connectivity index (χ3v) is 12.6. The van der Waals surface area contributed by atoms with Crippen molar-refractivity contribution in [1.82, 2.24) is 25.1 Å². The van der Waals surface area contributed by atoms with Crippen molar-refractivity contribution < 1.29 is 28.2 Å². The fraction of sp³-hybridized carbons (Fsp3) is 0.364. The minimum Gasteiger partial charge on any atom is -0.496 e. The number of fused-ring (bicyclic) bond motifs is 2. The average Bonchev–Trinajstić information content (AvgIpc) is 4.03. The molecule has 2 atom stereocenters. The van der Waals surface area contributed by atoms with Crippen LogP contribution in [0.3, 0.4) is 0 Å². The van der Waals surface area contributed by atoms with Crippen molar-refractivity contribution in [3.63, 3.8) is 0 Å². The molecule has 1 amide bonds. The molecule has 0 saturated carbocycles. The van der Waals surface area contributed by atoms with E-state index in [9.17, 15) is 18.8 Å². The summed E-state index contributed by atoms with van der Waals surface area (Å²) in [6.07, 6.45) is 5.00. The van der Waals surface area contributed by atoms with Gasteiger partial charge in [-0.2, -0.15) is 5.10 Å². The van der Waals surface area contributed by atoms with Gasteiger partial charge in [-0.05, 0) is 119 Å². The molecule has 15 heteroatoms. The van der Waals surface area contributed by atoms with Crippen molar-refractivity contribution in [3.05, 3.63) is 110 Å². The summed E-state index contributed by atoms with van der Waals surface area (Å²) in [6, 6.07) is 15.7. The van der Waals surface area contributed by atoms with E-state index < -0.39 is 23.7 Å². The predicted octanol–water partition coefficient (Wildman–Crippen LogP) is 9.45. The molecule has 5 heterocycles. The van der Waals surface area contributed by atoms with E-state index in [1.807, 2.05) is 45.0 Å². The molecule has 4 aromatic heterocycles. The number of anilines is 1. The van der Waals surface area contributed by atoms with Crippen LogP contribution >= 0.6 is 22.7 Å². The number of hydrogen-bond donors (Lipinski definition) is 2. The van der Waals surface area contributed by atoms with Crippen LogP contribution in [-0.4, -0.2) is 63.0 Å². The topological polar surface area (TPSA) is 149 Å². The van der Waals surface area contributed by atoms with Crippen LogP contribution in [0.25, 0.3) is 31.1 Å². The van der Waals surface area contributed by atoms with Gasteiger partial charge in [-0.3, -0.25) is 14.7 Å². The summed E-state index contributed by atoms with van der Waals surface area (Å²) >= 11 is 2.38. The first-order chi connectivity index (χ1) is 28.4. The maximum absolute atomic E-state index is 14.6. The molecule has 306 valence electrons. The van der Waals surface area contributed by atoms with Gasteiger partial charge < -0.3 is 19.5 Å². The third kappa shape index (κ3) is 8.18. The number of nitrogens with zero attached hydrogens (tertiary/aromatic N) is 4. The Morgan fingerprint density at radius 1 is 1.05 bits per heavy atom. The molecule has 2 N–H and O–H groups in total. The minimum atomic E-state index is -0.752. The molecule has 2 aliphatic rings. The molecule has 0 radical (unpaired) electrons. The number of likely N-dealkylation sites (tertiary alicyclic amines) is 1. The van der Waals surface area contributed by atoms with Gasteiger partial charge in [0.25, 0.3) is 0 Å². The lowest BCUT2D eigenvalue weighted by molar-refractivity contribution is 0.0217. The van der Waals surface area contributed by atoms with Crippen LogP contribution in [0.15, 0.2) is 65.6 Å². The number of ether oxygens (including phenoxy) is 3. The number of halogens is 1. The number of aromatic amines is 1. The van der Waals surface area contributed by atoms with Crippen molar-refractivity contribution in [2.75, 3.05) is 25.6 Å². The van der Waals surface area contributed by atoms with Crippen LogP contribution < -0.4 is 14.9 Å². The number of esters is 1. The molecule has 1 aliphatic heterocycles. The van der Waals surface area contributed by atoms with E-state index in [0.29, 0.717) is 70.4 Å². The normalized spacial score (nSPS) is 16.3. The van der Waals surface area contributed by atoms with Gasteiger partial charge in [0.1, 0.15) is 23.0 Å². The maximum atomic E-state index is 14.6. The summed E-state index contributed by atoms with van der Waals surface area (Å²) in [4.78, 5) is 53.2. The first kappa shape index (κ1) is 40.1. The predicted molar refractivity (Wildman–Crippen MR) is 227 cm³/mol. The number of pyridine rings is 2. The number of amides is 1. The highest BCUT2D eigenvalue weighted by atomic mass is 32.1. The van der Waals surface area contributed by atoms with Gasteiger partial charge >= 0.3 is 16.9 Å². The molecule has 6 aromatic rings. The van der Waals surface area contributed by atoms with Gasteiger partial charge in [-0.15, -0.1) is 11.3 Å². The second kappa shape index (κ2) is 16.5. The van der Waals surface area contributed by atoms with Gasteiger partial charge in [0.2, 0.25) is 0 Å². The molecule has 1 saturated heterocycles. The number of carbonyl (C=O) groups is 2. The van der Waals surface area contributed by atoms with E-state index >= 15 is 0 Å². The smallest absolute Gasteiger partial charge is 0.410 e. The third-order valence-electron chi connectivity index (χ3n) is 10.6. The fourth-order valence-corrected chi connectivity index (χ4v) is 9.97. The number of carbonyl (C=O) groups excluding carboxylic acids is 2. The van der Waals surface area contributed by atoms with Crippen LogP contribution in [0.2, 0.25) is 0 Å². The van der Waals surface area contributed by atoms with E-state index in [0.717, 1.165) is 51.1 Å². The highest BCUT2D eigenvalue weighted by Crippen LogP contribution is 2.48. The Morgan fingerprint density at radius 3 is 2.59 bits per heavy atom. The number of aromatic nitrogens is 4. The lowest BCUT2D eigenvalue weighted by atomic mass is 9.91. The first-order valence-electron chi connectivity index (χ1n) is 19.8. The number of benzene rings is 2. The molecular formula is C44H45FN6O6S2. The Hall–Kier alpha value is -5.67. The summed E-state index contributed by atoms with van der Waals surface area (Å²) < 4.78 is 32.2. The zero-order valence-corrected chi connectivity index (χ0v) is 35.2. The molecule has 0 bridgehead atoms. The number of H-pyrrole nitrogens is 1. The zero-order chi connectivity index (χ0) is 41.4. The second-order valence-corrected chi connectivity index (χ2v) is 17.6. The Bertz CT molecular complexity index is 2600. The molecule has 12 nitrogen and oxygen atoms in total. The van der Waals surface area contributed by atoms with Crippen LogP contribution in [0.5, 0.6) is 5.75 Å². The fourth-order valence-electron chi connectivity index (χ4n) is 8.12. The first-order valence-corrected chi connectivity index (χ1v) is 21.4. The molecule has 0 unspecified atom stereocenters. The number of nitrogens with one attached hydrogen (secondary N) is 2. The number of rotatable bonds is 11. The summed E-state index contributed by atoms with van der Waals surface area (Å²) in [5, 5.41) is 12.0. The molecule has 59 heavy (non-hydrogen) atoms. The van der Waals surface area contributed by atoms with Crippen molar-refractivity contribution in [2.24, 2.45) is 0 Å². The highest BCUT2D eigenvalue weighted by Gasteiger charge is 2.40. The number of hydrogen-bond acceptors (Lipinski definition) is 12. The van der Waals surface area contributed by atoms with Crippen molar-refractivity contribution in [3.8, 4) is 26.8 Å². The number of thiophene rings is 1. The van der Waals surface area contributed by atoms with Crippen molar-refractivity contribution in [2.45, 2.75) is 83.9 Å². The Kier molecular flexibility index (Phi) is 11.2. The zero-order valence-electron chi connectivity index (χ0n) is 33.5. The average molecular weight is 837 g/mol. The van der Waals surface area contributed by atoms with Gasteiger partial charge in [0, 0.05) is 28.7 Å². The van der Waals surface area contributed by atoms with E-state index in [-0.39, 0.29) is 28.9 Å². The molecular weight excluding hydrogens is 792 g/mol. The largest absolute Gasteiger partial charge is 0.496 e. The van der Waals surface area contributed by atoms with E-state index in [1.54, 1.807) is 37.3 Å². The van der Waals surface area contributed by atoms with Gasteiger partial charge in [0.05, 0.1) is 47.5 Å². The van der Waals surface area contributed by atoms with Crippen LogP contribution in [0, 0.1) is 5.82 Å². The lowest BCUT2D eigenvalue weighted by Gasteiger charge is -2.30. The molecule has 1 fully saturated rings. The van der Waals surface area contributed by atoms with E-state index in [1.165, 1.54) is 29.0 Å². The molecule has 2 aromatic carbocycles. The van der Waals surface area contributed by atoms with E-state index in [4.69, 9.17) is 24.2 Å². The quantitative estimate of drug-likeness (QED) is 0.121. The van der Waals surface area contributed by atoms with Crippen LogP contribution in [0.1, 0.15) is 97.5 Å². The minimum absolute atomic E-state index is 0.00234. The molecule has 1 aliphatic carbocycles. The van der Waals surface area contributed by atoms with Crippen molar-refractivity contribution >= 4 is 50.6 Å². The summed E-state index contributed by atoms with van der Waals surface area (Å²) in [7, 11) is 1.69.